The molecule has 0 saturated heterocycles. The number of hydrogen-bond acceptors (Lipinski definition) is 5. The summed E-state index contributed by atoms with van der Waals surface area (Å²) in [4.78, 5) is 4.03. The third-order valence-corrected chi connectivity index (χ3v) is 3.48. The molecular weight excluding hydrogens is 276 g/mol. The molecule has 3 aromatic rings. The average Bonchev–Trinajstić information content (AvgIpc) is 3.03. The number of nitrogens with two attached hydrogens (primary N) is 1. The van der Waals surface area contributed by atoms with Crippen LogP contribution < -0.4 is 5.73 Å². The molecule has 0 saturated carbocycles. The summed E-state index contributed by atoms with van der Waals surface area (Å²) in [6.45, 7) is 0.637. The van der Waals surface area contributed by atoms with Crippen molar-refractivity contribution in [3.63, 3.8) is 0 Å². The molecule has 0 aliphatic heterocycles. The van der Waals surface area contributed by atoms with Crippen molar-refractivity contribution in [2.45, 2.75) is 19.3 Å². The Bertz CT molecular complexity index is 705. The highest BCUT2D eigenvalue weighted by Crippen LogP contribution is 2.13. The average molecular weight is 294 g/mol. The number of benzene rings is 1. The van der Waals surface area contributed by atoms with E-state index in [0.717, 1.165) is 30.8 Å². The molecule has 1 aromatic carbocycles. The van der Waals surface area contributed by atoms with Crippen molar-refractivity contribution < 1.29 is 0 Å². The molecule has 2 aromatic heterocycles. The van der Waals surface area contributed by atoms with Gasteiger partial charge in [0, 0.05) is 18.8 Å². The number of hydrogen-bond donors (Lipinski definition) is 1. The van der Waals surface area contributed by atoms with Crippen molar-refractivity contribution in [3.8, 4) is 5.69 Å². The van der Waals surface area contributed by atoms with E-state index < -0.39 is 0 Å². The summed E-state index contributed by atoms with van der Waals surface area (Å²) in [5.41, 5.74) is 9.00. The SMILES string of the molecule is NCCCc1nnnn1-c1ccc(Cc2ccncc2)cc1. The minimum atomic E-state index is 0.637. The largest absolute Gasteiger partial charge is 0.330 e. The van der Waals surface area contributed by atoms with Gasteiger partial charge in [-0.05, 0) is 65.2 Å². The number of rotatable bonds is 6. The smallest absolute Gasteiger partial charge is 0.156 e. The molecule has 0 amide bonds. The van der Waals surface area contributed by atoms with Crippen LogP contribution in [-0.4, -0.2) is 31.7 Å². The zero-order chi connectivity index (χ0) is 15.2. The standard InChI is InChI=1S/C16H18N6/c17-9-1-2-16-19-20-21-22(16)15-5-3-13(4-6-15)12-14-7-10-18-11-8-14/h3-8,10-11H,1-2,9,12,17H2. The van der Waals surface area contributed by atoms with Crippen LogP contribution in [0.4, 0.5) is 0 Å². The zero-order valence-electron chi connectivity index (χ0n) is 12.3. The molecule has 0 fully saturated rings. The Morgan fingerprint density at radius 3 is 2.41 bits per heavy atom. The lowest BCUT2D eigenvalue weighted by molar-refractivity contribution is 0.726. The van der Waals surface area contributed by atoms with Crippen molar-refractivity contribution in [3.05, 3.63) is 65.7 Å². The van der Waals surface area contributed by atoms with Crippen LogP contribution in [0, 0.1) is 0 Å². The summed E-state index contributed by atoms with van der Waals surface area (Å²) in [5.74, 6) is 0.840. The van der Waals surface area contributed by atoms with E-state index >= 15 is 0 Å². The third kappa shape index (κ3) is 3.35. The van der Waals surface area contributed by atoms with E-state index in [9.17, 15) is 0 Å². The van der Waals surface area contributed by atoms with E-state index in [4.69, 9.17) is 5.73 Å². The molecule has 0 radical (unpaired) electrons. The summed E-state index contributed by atoms with van der Waals surface area (Å²) in [7, 11) is 0. The summed E-state index contributed by atoms with van der Waals surface area (Å²) < 4.78 is 1.77. The van der Waals surface area contributed by atoms with Gasteiger partial charge in [-0.2, -0.15) is 4.68 Å². The maximum absolute atomic E-state index is 5.54. The fourth-order valence-electron chi connectivity index (χ4n) is 2.31. The van der Waals surface area contributed by atoms with Gasteiger partial charge in [0.25, 0.3) is 0 Å². The highest BCUT2D eigenvalue weighted by molar-refractivity contribution is 5.36. The number of aromatic nitrogens is 5. The van der Waals surface area contributed by atoms with Gasteiger partial charge in [0.1, 0.15) is 0 Å². The van der Waals surface area contributed by atoms with E-state index in [2.05, 4.69) is 32.6 Å². The molecule has 2 heterocycles. The first-order valence-corrected chi connectivity index (χ1v) is 7.32. The van der Waals surface area contributed by atoms with Crippen LogP contribution in [0.1, 0.15) is 23.4 Å². The predicted octanol–water partition coefficient (Wildman–Crippen LogP) is 1.54. The van der Waals surface area contributed by atoms with Gasteiger partial charge in [0.2, 0.25) is 0 Å². The lowest BCUT2D eigenvalue weighted by atomic mass is 10.1. The summed E-state index contributed by atoms with van der Waals surface area (Å²) in [5, 5.41) is 11.9. The molecule has 2 N–H and O–H groups in total. The zero-order valence-corrected chi connectivity index (χ0v) is 12.3. The van der Waals surface area contributed by atoms with Crippen LogP contribution >= 0.6 is 0 Å². The Morgan fingerprint density at radius 2 is 1.68 bits per heavy atom. The van der Waals surface area contributed by atoms with Gasteiger partial charge < -0.3 is 5.73 Å². The van der Waals surface area contributed by atoms with E-state index in [1.807, 2.05) is 36.7 Å². The third-order valence-electron chi connectivity index (χ3n) is 3.48. The Morgan fingerprint density at radius 1 is 0.955 bits per heavy atom. The highest BCUT2D eigenvalue weighted by Gasteiger charge is 2.07. The van der Waals surface area contributed by atoms with Crippen molar-refractivity contribution in [1.82, 2.24) is 25.2 Å². The van der Waals surface area contributed by atoms with Gasteiger partial charge in [-0.1, -0.05) is 12.1 Å². The predicted molar refractivity (Wildman–Crippen MR) is 83.6 cm³/mol. The number of nitrogens with zero attached hydrogens (tertiary/aromatic N) is 5. The normalized spacial score (nSPS) is 10.8. The van der Waals surface area contributed by atoms with Gasteiger partial charge in [-0.25, -0.2) is 0 Å². The van der Waals surface area contributed by atoms with Gasteiger partial charge in [-0.15, -0.1) is 5.10 Å². The quantitative estimate of drug-likeness (QED) is 0.745. The second-order valence-corrected chi connectivity index (χ2v) is 5.10. The highest BCUT2D eigenvalue weighted by atomic mass is 15.5. The molecule has 3 rings (SSSR count). The maximum atomic E-state index is 5.54. The molecule has 6 heteroatoms. The topological polar surface area (TPSA) is 82.5 Å². The Hall–Kier alpha value is -2.60. The number of tetrazole rings is 1. The molecule has 0 atom stereocenters. The van der Waals surface area contributed by atoms with Gasteiger partial charge in [0.05, 0.1) is 5.69 Å². The minimum absolute atomic E-state index is 0.637. The number of aryl methyl sites for hydroxylation is 1. The molecule has 112 valence electrons. The Kier molecular flexibility index (Phi) is 4.50. The molecule has 0 unspecified atom stereocenters. The molecule has 0 bridgehead atoms. The summed E-state index contributed by atoms with van der Waals surface area (Å²) in [6, 6.07) is 12.3. The number of pyridine rings is 1. The fourth-order valence-corrected chi connectivity index (χ4v) is 2.31. The minimum Gasteiger partial charge on any atom is -0.330 e. The monoisotopic (exact) mass is 294 g/mol. The summed E-state index contributed by atoms with van der Waals surface area (Å²) >= 11 is 0. The van der Waals surface area contributed by atoms with Crippen molar-refractivity contribution in [2.24, 2.45) is 5.73 Å². The van der Waals surface area contributed by atoms with E-state index in [0.29, 0.717) is 6.54 Å². The molecule has 0 aliphatic rings. The van der Waals surface area contributed by atoms with E-state index in [1.54, 1.807) is 4.68 Å². The Labute approximate surface area is 129 Å². The van der Waals surface area contributed by atoms with Crippen LogP contribution in [-0.2, 0) is 12.8 Å². The van der Waals surface area contributed by atoms with E-state index in [-0.39, 0.29) is 0 Å². The lowest BCUT2D eigenvalue weighted by Gasteiger charge is -2.06. The molecule has 0 aliphatic carbocycles. The van der Waals surface area contributed by atoms with E-state index in [1.165, 1.54) is 11.1 Å². The first-order valence-electron chi connectivity index (χ1n) is 7.32. The lowest BCUT2D eigenvalue weighted by Crippen LogP contribution is -2.07. The first kappa shape index (κ1) is 14.3. The summed E-state index contributed by atoms with van der Waals surface area (Å²) in [6.07, 6.45) is 6.17. The second-order valence-electron chi connectivity index (χ2n) is 5.10. The van der Waals surface area contributed by atoms with Gasteiger partial charge in [-0.3, -0.25) is 4.98 Å². The first-order chi connectivity index (χ1) is 10.9. The van der Waals surface area contributed by atoms with Gasteiger partial charge in [0.15, 0.2) is 5.82 Å². The fraction of sp³-hybridized carbons (Fsp3) is 0.250. The van der Waals surface area contributed by atoms with Crippen molar-refractivity contribution >= 4 is 0 Å². The maximum Gasteiger partial charge on any atom is 0.156 e. The van der Waals surface area contributed by atoms with Crippen LogP contribution in [0.15, 0.2) is 48.8 Å². The molecular formula is C16H18N6. The molecule has 6 nitrogen and oxygen atoms in total. The van der Waals surface area contributed by atoms with Crippen molar-refractivity contribution in [1.29, 1.82) is 0 Å². The van der Waals surface area contributed by atoms with Crippen molar-refractivity contribution in [2.75, 3.05) is 6.54 Å². The van der Waals surface area contributed by atoms with Crippen LogP contribution in [0.3, 0.4) is 0 Å². The Balaban J connectivity index is 1.75. The van der Waals surface area contributed by atoms with Crippen LogP contribution in [0.25, 0.3) is 5.69 Å². The molecule has 0 spiro atoms. The van der Waals surface area contributed by atoms with Gasteiger partial charge >= 0.3 is 0 Å². The second kappa shape index (κ2) is 6.91. The van der Waals surface area contributed by atoms with Crippen LogP contribution in [0.2, 0.25) is 0 Å². The molecule has 22 heavy (non-hydrogen) atoms. The van der Waals surface area contributed by atoms with Crippen LogP contribution in [0.5, 0.6) is 0 Å².